The number of amides is 1. The van der Waals surface area contributed by atoms with Gasteiger partial charge < -0.3 is 15.2 Å². The number of benzene rings is 2. The zero-order chi connectivity index (χ0) is 20.6. The van der Waals surface area contributed by atoms with E-state index in [1.54, 1.807) is 24.3 Å². The SMILES string of the molecule is O=C(CCC1CCCC1)N/C(=C\c1ccc(Oc2ccccc2Br)cc1)C(=O)O. The Balaban J connectivity index is 1.61. The van der Waals surface area contributed by atoms with Gasteiger partial charge in [-0.15, -0.1) is 0 Å². The van der Waals surface area contributed by atoms with Crippen molar-refractivity contribution in [3.05, 3.63) is 64.3 Å². The van der Waals surface area contributed by atoms with Crippen LogP contribution in [0.3, 0.4) is 0 Å². The lowest BCUT2D eigenvalue weighted by Gasteiger charge is -2.10. The standard InChI is InChI=1S/C23H24BrNO4/c24-19-7-3-4-8-21(19)29-18-12-9-17(10-13-18)15-20(23(27)28)25-22(26)14-11-16-5-1-2-6-16/h3-4,7-10,12-13,15-16H,1-2,5-6,11,14H2,(H,25,26)(H,27,28)/b20-15-. The Hall–Kier alpha value is -2.60. The van der Waals surface area contributed by atoms with Crippen LogP contribution in [0.1, 0.15) is 44.1 Å². The Labute approximate surface area is 178 Å². The second-order valence-corrected chi connectivity index (χ2v) is 8.06. The Kier molecular flexibility index (Phi) is 7.47. The van der Waals surface area contributed by atoms with Crippen LogP contribution in [0.5, 0.6) is 11.5 Å². The van der Waals surface area contributed by atoms with E-state index in [0.717, 1.165) is 10.9 Å². The molecule has 0 heterocycles. The molecule has 2 aromatic rings. The molecule has 152 valence electrons. The highest BCUT2D eigenvalue weighted by molar-refractivity contribution is 9.10. The van der Waals surface area contributed by atoms with Crippen molar-refractivity contribution in [2.24, 2.45) is 5.92 Å². The van der Waals surface area contributed by atoms with Gasteiger partial charge in [0.25, 0.3) is 0 Å². The molecule has 1 aliphatic carbocycles. The van der Waals surface area contributed by atoms with Crippen molar-refractivity contribution < 1.29 is 19.4 Å². The zero-order valence-corrected chi connectivity index (χ0v) is 17.7. The Bertz CT molecular complexity index is 886. The smallest absolute Gasteiger partial charge is 0.352 e. The molecule has 0 atom stereocenters. The second-order valence-electron chi connectivity index (χ2n) is 7.20. The Morgan fingerprint density at radius 1 is 1.10 bits per heavy atom. The molecule has 3 rings (SSSR count). The molecule has 1 aliphatic rings. The van der Waals surface area contributed by atoms with E-state index in [1.807, 2.05) is 24.3 Å². The lowest BCUT2D eigenvalue weighted by atomic mass is 10.0. The summed E-state index contributed by atoms with van der Waals surface area (Å²) in [4.78, 5) is 23.7. The van der Waals surface area contributed by atoms with E-state index < -0.39 is 5.97 Å². The quantitative estimate of drug-likeness (QED) is 0.494. The normalized spacial score (nSPS) is 14.6. The Morgan fingerprint density at radius 2 is 1.79 bits per heavy atom. The maximum absolute atomic E-state index is 12.2. The molecule has 6 heteroatoms. The topological polar surface area (TPSA) is 75.6 Å². The largest absolute Gasteiger partial charge is 0.477 e. The van der Waals surface area contributed by atoms with Crippen LogP contribution in [-0.2, 0) is 9.59 Å². The number of carboxylic acids is 1. The van der Waals surface area contributed by atoms with Crippen molar-refractivity contribution in [1.29, 1.82) is 0 Å². The number of carboxylic acid groups (broad SMARTS) is 1. The first-order valence-electron chi connectivity index (χ1n) is 9.78. The van der Waals surface area contributed by atoms with E-state index in [4.69, 9.17) is 4.74 Å². The molecule has 5 nitrogen and oxygen atoms in total. The number of halogens is 1. The van der Waals surface area contributed by atoms with Gasteiger partial charge in [-0.3, -0.25) is 4.79 Å². The lowest BCUT2D eigenvalue weighted by Crippen LogP contribution is -2.27. The van der Waals surface area contributed by atoms with E-state index in [-0.39, 0.29) is 11.6 Å². The van der Waals surface area contributed by atoms with Gasteiger partial charge in [0.2, 0.25) is 5.91 Å². The summed E-state index contributed by atoms with van der Waals surface area (Å²) >= 11 is 3.43. The molecule has 0 bridgehead atoms. The highest BCUT2D eigenvalue weighted by Gasteiger charge is 2.17. The van der Waals surface area contributed by atoms with Crippen molar-refractivity contribution in [3.63, 3.8) is 0 Å². The fraction of sp³-hybridized carbons (Fsp3) is 0.304. The van der Waals surface area contributed by atoms with Gasteiger partial charge in [0, 0.05) is 6.42 Å². The molecule has 0 radical (unpaired) electrons. The number of hydrogen-bond donors (Lipinski definition) is 2. The average molecular weight is 458 g/mol. The molecule has 0 saturated heterocycles. The first kappa shape index (κ1) is 21.1. The summed E-state index contributed by atoms with van der Waals surface area (Å²) in [6.45, 7) is 0. The number of ether oxygens (including phenoxy) is 1. The van der Waals surface area contributed by atoms with Gasteiger partial charge in [0.1, 0.15) is 17.2 Å². The highest BCUT2D eigenvalue weighted by atomic mass is 79.9. The number of aliphatic carboxylic acids is 1. The maximum Gasteiger partial charge on any atom is 0.352 e. The van der Waals surface area contributed by atoms with Gasteiger partial charge in [0.05, 0.1) is 4.47 Å². The third-order valence-corrected chi connectivity index (χ3v) is 5.67. The minimum Gasteiger partial charge on any atom is -0.477 e. The molecule has 1 fully saturated rings. The monoisotopic (exact) mass is 457 g/mol. The van der Waals surface area contributed by atoms with Gasteiger partial charge in [-0.2, -0.15) is 0 Å². The Morgan fingerprint density at radius 3 is 2.45 bits per heavy atom. The predicted octanol–water partition coefficient (Wildman–Crippen LogP) is 5.75. The molecule has 0 spiro atoms. The molecule has 2 aromatic carbocycles. The van der Waals surface area contributed by atoms with Gasteiger partial charge in [-0.05, 0) is 64.2 Å². The van der Waals surface area contributed by atoms with E-state index in [0.29, 0.717) is 29.4 Å². The number of hydrogen-bond acceptors (Lipinski definition) is 3. The summed E-state index contributed by atoms with van der Waals surface area (Å²) in [7, 11) is 0. The molecule has 2 N–H and O–H groups in total. The lowest BCUT2D eigenvalue weighted by molar-refractivity contribution is -0.134. The summed E-state index contributed by atoms with van der Waals surface area (Å²) in [5, 5.41) is 12.0. The van der Waals surface area contributed by atoms with Gasteiger partial charge in [-0.25, -0.2) is 4.79 Å². The van der Waals surface area contributed by atoms with E-state index in [2.05, 4.69) is 21.2 Å². The number of carbonyl (C=O) groups is 2. The molecule has 0 unspecified atom stereocenters. The third-order valence-electron chi connectivity index (χ3n) is 5.01. The second kappa shape index (κ2) is 10.3. The maximum atomic E-state index is 12.2. The van der Waals surface area contributed by atoms with Crippen LogP contribution in [0.25, 0.3) is 6.08 Å². The van der Waals surface area contributed by atoms with Crippen molar-refractivity contribution in [2.75, 3.05) is 0 Å². The van der Waals surface area contributed by atoms with Gasteiger partial charge in [0.15, 0.2) is 0 Å². The molecule has 0 aromatic heterocycles. The van der Waals surface area contributed by atoms with Crippen LogP contribution in [0.15, 0.2) is 58.7 Å². The van der Waals surface area contributed by atoms with Crippen molar-refractivity contribution in [3.8, 4) is 11.5 Å². The fourth-order valence-corrected chi connectivity index (χ4v) is 3.82. The summed E-state index contributed by atoms with van der Waals surface area (Å²) in [6.07, 6.45) is 7.43. The number of para-hydroxylation sites is 1. The molecule has 1 amide bonds. The third kappa shape index (κ3) is 6.46. The summed E-state index contributed by atoms with van der Waals surface area (Å²) < 4.78 is 6.65. The van der Waals surface area contributed by atoms with Gasteiger partial charge >= 0.3 is 5.97 Å². The van der Waals surface area contributed by atoms with E-state index >= 15 is 0 Å². The van der Waals surface area contributed by atoms with Crippen molar-refractivity contribution >= 4 is 33.9 Å². The zero-order valence-electron chi connectivity index (χ0n) is 16.1. The summed E-state index contributed by atoms with van der Waals surface area (Å²) in [5.74, 6) is 0.505. The van der Waals surface area contributed by atoms with Crippen LogP contribution in [0.2, 0.25) is 0 Å². The number of rotatable bonds is 8. The minimum atomic E-state index is -1.16. The molecular formula is C23H24BrNO4. The predicted molar refractivity (Wildman–Crippen MR) is 116 cm³/mol. The first-order valence-corrected chi connectivity index (χ1v) is 10.6. The van der Waals surface area contributed by atoms with E-state index in [9.17, 15) is 14.7 Å². The number of carbonyl (C=O) groups excluding carboxylic acids is 1. The van der Waals surface area contributed by atoms with Crippen LogP contribution < -0.4 is 10.1 Å². The van der Waals surface area contributed by atoms with Crippen LogP contribution in [0, 0.1) is 5.92 Å². The van der Waals surface area contributed by atoms with Crippen LogP contribution >= 0.6 is 15.9 Å². The summed E-state index contributed by atoms with van der Waals surface area (Å²) in [5.41, 5.74) is 0.541. The minimum absolute atomic E-state index is 0.124. The van der Waals surface area contributed by atoms with E-state index in [1.165, 1.54) is 31.8 Å². The average Bonchev–Trinajstić information content (AvgIpc) is 3.23. The van der Waals surface area contributed by atoms with Crippen molar-refractivity contribution in [1.82, 2.24) is 5.32 Å². The molecule has 29 heavy (non-hydrogen) atoms. The highest BCUT2D eigenvalue weighted by Crippen LogP contribution is 2.30. The summed E-state index contributed by atoms with van der Waals surface area (Å²) in [6, 6.07) is 14.5. The number of nitrogens with one attached hydrogen (secondary N) is 1. The van der Waals surface area contributed by atoms with Gasteiger partial charge in [-0.1, -0.05) is 49.9 Å². The van der Waals surface area contributed by atoms with Crippen molar-refractivity contribution in [2.45, 2.75) is 38.5 Å². The fourth-order valence-electron chi connectivity index (χ4n) is 3.45. The van der Waals surface area contributed by atoms with Crippen LogP contribution in [-0.4, -0.2) is 17.0 Å². The molecule has 1 saturated carbocycles. The first-order chi connectivity index (χ1) is 14.0. The molecular weight excluding hydrogens is 434 g/mol. The van der Waals surface area contributed by atoms with Crippen LogP contribution in [0.4, 0.5) is 0 Å². The molecule has 0 aliphatic heterocycles.